The average molecular weight is 178 g/mol. The van der Waals surface area contributed by atoms with Crippen molar-refractivity contribution in [3.8, 4) is 5.75 Å². The topological polar surface area (TPSA) is 35.5 Å². The van der Waals surface area contributed by atoms with Gasteiger partial charge in [-0.2, -0.15) is 0 Å². The van der Waals surface area contributed by atoms with Gasteiger partial charge in [0.2, 0.25) is 6.79 Å². The van der Waals surface area contributed by atoms with E-state index in [9.17, 15) is 4.79 Å². The van der Waals surface area contributed by atoms with Crippen LogP contribution in [0.5, 0.6) is 5.75 Å². The number of para-hydroxylation sites is 1. The highest BCUT2D eigenvalue weighted by Gasteiger charge is 1.95. The lowest BCUT2D eigenvalue weighted by Crippen LogP contribution is -2.07. The standard InChI is InChI=1S/C10H10O3/c1-2-10(11)13-8-12-9-6-4-3-5-7-9/h2-7H,1,8H2. The van der Waals surface area contributed by atoms with E-state index in [1.54, 1.807) is 12.1 Å². The molecule has 1 aromatic carbocycles. The lowest BCUT2D eigenvalue weighted by Gasteiger charge is -2.04. The van der Waals surface area contributed by atoms with Crippen LogP contribution in [-0.2, 0) is 9.53 Å². The first-order valence-corrected chi connectivity index (χ1v) is 3.80. The summed E-state index contributed by atoms with van der Waals surface area (Å²) in [5.74, 6) is 0.176. The zero-order valence-corrected chi connectivity index (χ0v) is 7.10. The van der Waals surface area contributed by atoms with Gasteiger partial charge in [0.15, 0.2) is 0 Å². The van der Waals surface area contributed by atoms with Gasteiger partial charge in [0.25, 0.3) is 0 Å². The van der Waals surface area contributed by atoms with Gasteiger partial charge in [-0.1, -0.05) is 24.8 Å². The molecule has 0 saturated carbocycles. The van der Waals surface area contributed by atoms with Gasteiger partial charge in [0.05, 0.1) is 0 Å². The molecule has 0 saturated heterocycles. The fraction of sp³-hybridized carbons (Fsp3) is 0.100. The van der Waals surface area contributed by atoms with Crippen molar-refractivity contribution in [1.29, 1.82) is 0 Å². The third-order valence-electron chi connectivity index (χ3n) is 1.34. The first kappa shape index (κ1) is 9.32. The highest BCUT2D eigenvalue weighted by atomic mass is 16.7. The molecule has 1 rings (SSSR count). The number of hydrogen-bond acceptors (Lipinski definition) is 3. The van der Waals surface area contributed by atoms with E-state index in [1.165, 1.54) is 0 Å². The summed E-state index contributed by atoms with van der Waals surface area (Å²) in [4.78, 5) is 10.6. The van der Waals surface area contributed by atoms with E-state index < -0.39 is 5.97 Å². The predicted octanol–water partition coefficient (Wildman–Crippen LogP) is 1.75. The van der Waals surface area contributed by atoms with Gasteiger partial charge in [-0.3, -0.25) is 0 Å². The summed E-state index contributed by atoms with van der Waals surface area (Å²) in [6.07, 6.45) is 1.09. The smallest absolute Gasteiger partial charge is 0.333 e. The molecule has 0 bridgehead atoms. The van der Waals surface area contributed by atoms with Crippen LogP contribution in [0.25, 0.3) is 0 Å². The summed E-state index contributed by atoms with van der Waals surface area (Å²) in [6, 6.07) is 9.11. The number of benzene rings is 1. The average Bonchev–Trinajstić information content (AvgIpc) is 2.19. The van der Waals surface area contributed by atoms with E-state index in [2.05, 4.69) is 11.3 Å². The van der Waals surface area contributed by atoms with Crippen molar-refractivity contribution in [1.82, 2.24) is 0 Å². The molecular formula is C10H10O3. The Morgan fingerprint density at radius 3 is 2.69 bits per heavy atom. The fourth-order valence-corrected chi connectivity index (χ4v) is 0.731. The van der Waals surface area contributed by atoms with Gasteiger partial charge < -0.3 is 9.47 Å². The molecule has 0 heterocycles. The van der Waals surface area contributed by atoms with Crippen molar-refractivity contribution < 1.29 is 14.3 Å². The largest absolute Gasteiger partial charge is 0.457 e. The Bertz CT molecular complexity index is 279. The summed E-state index contributed by atoms with van der Waals surface area (Å²) in [6.45, 7) is 3.17. The van der Waals surface area contributed by atoms with Crippen molar-refractivity contribution in [2.24, 2.45) is 0 Å². The van der Waals surface area contributed by atoms with Gasteiger partial charge in [-0.15, -0.1) is 0 Å². The van der Waals surface area contributed by atoms with Gasteiger partial charge >= 0.3 is 5.97 Å². The van der Waals surface area contributed by atoms with Crippen LogP contribution in [0.15, 0.2) is 43.0 Å². The van der Waals surface area contributed by atoms with Gasteiger partial charge in [0, 0.05) is 6.08 Å². The molecule has 0 aliphatic carbocycles. The zero-order chi connectivity index (χ0) is 9.52. The number of rotatable bonds is 4. The molecular weight excluding hydrogens is 168 g/mol. The number of hydrogen-bond donors (Lipinski definition) is 0. The SMILES string of the molecule is C=CC(=O)OCOc1ccccc1. The Morgan fingerprint density at radius 2 is 2.08 bits per heavy atom. The number of carbonyl (C=O) groups excluding carboxylic acids is 1. The van der Waals surface area contributed by atoms with Crippen molar-refractivity contribution in [2.75, 3.05) is 6.79 Å². The van der Waals surface area contributed by atoms with E-state index in [0.29, 0.717) is 5.75 Å². The number of ether oxygens (including phenoxy) is 2. The van der Waals surface area contributed by atoms with Gasteiger partial charge in [-0.25, -0.2) is 4.79 Å². The van der Waals surface area contributed by atoms with Crippen molar-refractivity contribution >= 4 is 5.97 Å². The van der Waals surface area contributed by atoms with E-state index >= 15 is 0 Å². The third kappa shape index (κ3) is 3.42. The van der Waals surface area contributed by atoms with Crippen LogP contribution in [-0.4, -0.2) is 12.8 Å². The molecule has 13 heavy (non-hydrogen) atoms. The lowest BCUT2D eigenvalue weighted by molar-refractivity contribution is -0.144. The van der Waals surface area contributed by atoms with E-state index in [-0.39, 0.29) is 6.79 Å². The quantitative estimate of drug-likeness (QED) is 0.400. The van der Waals surface area contributed by atoms with Gasteiger partial charge in [0.1, 0.15) is 5.75 Å². The summed E-state index contributed by atoms with van der Waals surface area (Å²) < 4.78 is 9.70. The van der Waals surface area contributed by atoms with E-state index in [4.69, 9.17) is 4.74 Å². The van der Waals surface area contributed by atoms with Crippen molar-refractivity contribution in [3.05, 3.63) is 43.0 Å². The van der Waals surface area contributed by atoms with Crippen LogP contribution >= 0.6 is 0 Å². The molecule has 0 aromatic heterocycles. The maximum absolute atomic E-state index is 10.6. The molecule has 0 spiro atoms. The van der Waals surface area contributed by atoms with Crippen LogP contribution in [0.2, 0.25) is 0 Å². The van der Waals surface area contributed by atoms with E-state index in [1.807, 2.05) is 18.2 Å². The molecule has 0 aliphatic heterocycles. The molecule has 0 atom stereocenters. The molecule has 0 amide bonds. The van der Waals surface area contributed by atoms with Gasteiger partial charge in [-0.05, 0) is 12.1 Å². The van der Waals surface area contributed by atoms with Crippen molar-refractivity contribution in [3.63, 3.8) is 0 Å². The maximum Gasteiger partial charge on any atom is 0.333 e. The second-order valence-corrected chi connectivity index (χ2v) is 2.24. The van der Waals surface area contributed by atoms with Crippen LogP contribution in [0.3, 0.4) is 0 Å². The first-order valence-electron chi connectivity index (χ1n) is 3.80. The predicted molar refractivity (Wildman–Crippen MR) is 48.2 cm³/mol. The lowest BCUT2D eigenvalue weighted by atomic mass is 10.3. The Morgan fingerprint density at radius 1 is 1.38 bits per heavy atom. The first-order chi connectivity index (χ1) is 6.33. The van der Waals surface area contributed by atoms with Crippen LogP contribution in [0, 0.1) is 0 Å². The number of carbonyl (C=O) groups is 1. The van der Waals surface area contributed by atoms with E-state index in [0.717, 1.165) is 6.08 Å². The molecule has 1 aromatic rings. The molecule has 3 heteroatoms. The maximum atomic E-state index is 10.6. The third-order valence-corrected chi connectivity index (χ3v) is 1.34. The summed E-state index contributed by atoms with van der Waals surface area (Å²) in [5, 5.41) is 0. The summed E-state index contributed by atoms with van der Waals surface area (Å²) >= 11 is 0. The molecule has 68 valence electrons. The minimum Gasteiger partial charge on any atom is -0.457 e. The molecule has 0 N–H and O–H groups in total. The molecule has 0 aliphatic rings. The number of esters is 1. The normalized spacial score (nSPS) is 8.92. The molecule has 0 radical (unpaired) electrons. The Balaban J connectivity index is 2.28. The second-order valence-electron chi connectivity index (χ2n) is 2.24. The molecule has 0 unspecified atom stereocenters. The second kappa shape index (κ2) is 4.98. The molecule has 0 fully saturated rings. The summed E-state index contributed by atoms with van der Waals surface area (Å²) in [7, 11) is 0. The monoisotopic (exact) mass is 178 g/mol. The molecule has 3 nitrogen and oxygen atoms in total. The minimum atomic E-state index is -0.490. The Hall–Kier alpha value is -1.77. The Kier molecular flexibility index (Phi) is 3.57. The Labute approximate surface area is 76.6 Å². The fourth-order valence-electron chi connectivity index (χ4n) is 0.731. The van der Waals surface area contributed by atoms with Crippen LogP contribution in [0.4, 0.5) is 0 Å². The van der Waals surface area contributed by atoms with Crippen molar-refractivity contribution in [2.45, 2.75) is 0 Å². The van der Waals surface area contributed by atoms with Crippen LogP contribution < -0.4 is 4.74 Å². The minimum absolute atomic E-state index is 0.0884. The highest BCUT2D eigenvalue weighted by molar-refractivity contribution is 5.81. The summed E-state index contributed by atoms with van der Waals surface area (Å²) in [5.41, 5.74) is 0. The van der Waals surface area contributed by atoms with Crippen LogP contribution in [0.1, 0.15) is 0 Å². The highest BCUT2D eigenvalue weighted by Crippen LogP contribution is 2.07. The zero-order valence-electron chi connectivity index (χ0n) is 7.10.